The van der Waals surface area contributed by atoms with E-state index in [1.54, 1.807) is 18.3 Å². The number of nitrogens with one attached hydrogen (secondary N) is 1. The van der Waals surface area contributed by atoms with Crippen molar-refractivity contribution in [2.75, 3.05) is 18.8 Å². The van der Waals surface area contributed by atoms with E-state index >= 15 is 0 Å². The molecule has 6 heteroatoms. The monoisotopic (exact) mass is 361 g/mol. The van der Waals surface area contributed by atoms with Gasteiger partial charge >= 0.3 is 0 Å². The molecule has 3 heterocycles. The van der Waals surface area contributed by atoms with Gasteiger partial charge in [0.25, 0.3) is 5.91 Å². The summed E-state index contributed by atoms with van der Waals surface area (Å²) in [7, 11) is 0. The molecule has 1 saturated heterocycles. The molecular weight excluding hydrogens is 338 g/mol. The Bertz CT molecular complexity index is 947. The number of hydrogen-bond donors (Lipinski definition) is 2. The second kappa shape index (κ2) is 7.23. The number of aromatic nitrogens is 3. The SMILES string of the molecule is Cc1ccc(-c2cn[nH]c2C2CCCN(C(=O)c3cc(N)ccn3)C2)cc1. The minimum atomic E-state index is -0.0663. The van der Waals surface area contributed by atoms with Crippen molar-refractivity contribution in [2.45, 2.75) is 25.7 Å². The summed E-state index contributed by atoms with van der Waals surface area (Å²) in [6.45, 7) is 3.46. The summed E-state index contributed by atoms with van der Waals surface area (Å²) in [4.78, 5) is 18.9. The molecule has 1 fully saturated rings. The standard InChI is InChI=1S/C21H23N5O/c1-14-4-6-15(7-5-14)18-12-24-25-20(18)16-3-2-10-26(13-16)21(27)19-11-17(22)8-9-23-19/h4-9,11-12,16H,2-3,10,13H2,1H3,(H2,22,23)(H,24,25). The number of H-pyrrole nitrogens is 1. The number of carbonyl (C=O) groups is 1. The van der Waals surface area contributed by atoms with E-state index in [0.29, 0.717) is 17.9 Å². The molecule has 1 amide bonds. The van der Waals surface area contributed by atoms with Crippen molar-refractivity contribution in [3.63, 3.8) is 0 Å². The normalized spacial score (nSPS) is 17.1. The number of pyridine rings is 1. The molecule has 138 valence electrons. The largest absolute Gasteiger partial charge is 0.399 e. The molecule has 1 aliphatic heterocycles. The fourth-order valence-corrected chi connectivity index (χ4v) is 3.69. The maximum absolute atomic E-state index is 12.8. The van der Waals surface area contributed by atoms with Crippen LogP contribution in [0.4, 0.5) is 5.69 Å². The highest BCUT2D eigenvalue weighted by molar-refractivity contribution is 5.93. The highest BCUT2D eigenvalue weighted by Gasteiger charge is 2.28. The number of anilines is 1. The van der Waals surface area contributed by atoms with Gasteiger partial charge in [-0.05, 0) is 37.5 Å². The Morgan fingerprint density at radius 1 is 1.26 bits per heavy atom. The smallest absolute Gasteiger partial charge is 0.272 e. The van der Waals surface area contributed by atoms with E-state index in [9.17, 15) is 4.79 Å². The minimum absolute atomic E-state index is 0.0663. The summed E-state index contributed by atoms with van der Waals surface area (Å²) in [5, 5.41) is 7.45. The van der Waals surface area contributed by atoms with Crippen molar-refractivity contribution in [2.24, 2.45) is 0 Å². The zero-order valence-electron chi connectivity index (χ0n) is 15.4. The van der Waals surface area contributed by atoms with Crippen LogP contribution in [0.15, 0.2) is 48.8 Å². The first-order valence-electron chi connectivity index (χ1n) is 9.23. The van der Waals surface area contributed by atoms with E-state index < -0.39 is 0 Å². The molecule has 3 N–H and O–H groups in total. The van der Waals surface area contributed by atoms with Gasteiger partial charge in [0.15, 0.2) is 0 Å². The maximum Gasteiger partial charge on any atom is 0.272 e. The average Bonchev–Trinajstić information content (AvgIpc) is 3.18. The number of aryl methyl sites for hydroxylation is 1. The number of aromatic amines is 1. The first-order chi connectivity index (χ1) is 13.1. The number of carbonyl (C=O) groups excluding carboxylic acids is 1. The summed E-state index contributed by atoms with van der Waals surface area (Å²) in [6, 6.07) is 11.8. The van der Waals surface area contributed by atoms with Crippen LogP contribution in [0.2, 0.25) is 0 Å². The predicted octanol–water partition coefficient (Wildman–Crippen LogP) is 3.38. The molecule has 0 bridgehead atoms. The fraction of sp³-hybridized carbons (Fsp3) is 0.286. The first-order valence-corrected chi connectivity index (χ1v) is 9.23. The number of nitrogen functional groups attached to an aromatic ring is 1. The molecular formula is C21H23N5O. The van der Waals surface area contributed by atoms with Crippen molar-refractivity contribution < 1.29 is 4.79 Å². The Hall–Kier alpha value is -3.15. The third-order valence-corrected chi connectivity index (χ3v) is 5.15. The molecule has 1 unspecified atom stereocenters. The van der Waals surface area contributed by atoms with Crippen LogP contribution in [0.3, 0.4) is 0 Å². The third-order valence-electron chi connectivity index (χ3n) is 5.15. The van der Waals surface area contributed by atoms with Crippen LogP contribution in [0.5, 0.6) is 0 Å². The van der Waals surface area contributed by atoms with E-state index in [4.69, 9.17) is 5.73 Å². The maximum atomic E-state index is 12.8. The number of nitrogens with zero attached hydrogens (tertiary/aromatic N) is 3. The van der Waals surface area contributed by atoms with E-state index in [-0.39, 0.29) is 11.8 Å². The lowest BCUT2D eigenvalue weighted by molar-refractivity contribution is 0.0700. The molecule has 0 aliphatic carbocycles. The Morgan fingerprint density at radius 2 is 2.07 bits per heavy atom. The molecule has 0 radical (unpaired) electrons. The van der Waals surface area contributed by atoms with Gasteiger partial charge in [0.1, 0.15) is 5.69 Å². The highest BCUT2D eigenvalue weighted by atomic mass is 16.2. The number of rotatable bonds is 3. The third kappa shape index (κ3) is 3.56. The van der Waals surface area contributed by atoms with Crippen LogP contribution < -0.4 is 5.73 Å². The number of nitrogens with two attached hydrogens (primary N) is 1. The van der Waals surface area contributed by atoms with E-state index in [0.717, 1.165) is 36.2 Å². The van der Waals surface area contributed by atoms with Crippen LogP contribution in [0.25, 0.3) is 11.1 Å². The van der Waals surface area contributed by atoms with Crippen LogP contribution >= 0.6 is 0 Å². The van der Waals surface area contributed by atoms with Crippen molar-refractivity contribution >= 4 is 11.6 Å². The summed E-state index contributed by atoms with van der Waals surface area (Å²) in [5.41, 5.74) is 11.3. The molecule has 3 aromatic rings. The van der Waals surface area contributed by atoms with Gasteiger partial charge in [-0.2, -0.15) is 5.10 Å². The Labute approximate surface area is 158 Å². The van der Waals surface area contributed by atoms with Gasteiger partial charge in [0, 0.05) is 42.1 Å². The van der Waals surface area contributed by atoms with Crippen molar-refractivity contribution in [3.05, 3.63) is 65.7 Å². The Balaban J connectivity index is 1.56. The molecule has 1 atom stereocenters. The number of piperidine rings is 1. The number of likely N-dealkylation sites (tertiary alicyclic amines) is 1. The zero-order chi connectivity index (χ0) is 18.8. The van der Waals surface area contributed by atoms with E-state index in [2.05, 4.69) is 46.4 Å². The molecule has 0 saturated carbocycles. The van der Waals surface area contributed by atoms with Crippen molar-refractivity contribution in [3.8, 4) is 11.1 Å². The highest BCUT2D eigenvalue weighted by Crippen LogP contribution is 2.33. The van der Waals surface area contributed by atoms with Gasteiger partial charge < -0.3 is 10.6 Å². The summed E-state index contributed by atoms with van der Waals surface area (Å²) in [6.07, 6.45) is 5.43. The second-order valence-electron chi connectivity index (χ2n) is 7.13. The fourth-order valence-electron chi connectivity index (χ4n) is 3.69. The topological polar surface area (TPSA) is 87.9 Å². The lowest BCUT2D eigenvalue weighted by Crippen LogP contribution is -2.39. The Morgan fingerprint density at radius 3 is 2.85 bits per heavy atom. The van der Waals surface area contributed by atoms with Crippen LogP contribution in [0, 0.1) is 6.92 Å². The van der Waals surface area contributed by atoms with Gasteiger partial charge in [0.2, 0.25) is 0 Å². The average molecular weight is 361 g/mol. The van der Waals surface area contributed by atoms with E-state index in [1.807, 2.05) is 11.1 Å². The number of hydrogen-bond acceptors (Lipinski definition) is 4. The lowest BCUT2D eigenvalue weighted by atomic mass is 9.90. The van der Waals surface area contributed by atoms with Crippen LogP contribution in [-0.4, -0.2) is 39.1 Å². The number of amides is 1. The molecule has 27 heavy (non-hydrogen) atoms. The molecule has 1 aromatic carbocycles. The summed E-state index contributed by atoms with van der Waals surface area (Å²) in [5.74, 6) is 0.158. The summed E-state index contributed by atoms with van der Waals surface area (Å²) < 4.78 is 0. The number of benzene rings is 1. The van der Waals surface area contributed by atoms with Crippen LogP contribution in [0.1, 0.15) is 40.5 Å². The minimum Gasteiger partial charge on any atom is -0.399 e. The van der Waals surface area contributed by atoms with Crippen LogP contribution in [-0.2, 0) is 0 Å². The second-order valence-corrected chi connectivity index (χ2v) is 7.13. The van der Waals surface area contributed by atoms with Gasteiger partial charge in [-0.15, -0.1) is 0 Å². The van der Waals surface area contributed by atoms with Crippen molar-refractivity contribution in [1.29, 1.82) is 0 Å². The van der Waals surface area contributed by atoms with Gasteiger partial charge in [0.05, 0.1) is 6.20 Å². The molecule has 2 aromatic heterocycles. The van der Waals surface area contributed by atoms with E-state index in [1.165, 1.54) is 5.56 Å². The summed E-state index contributed by atoms with van der Waals surface area (Å²) >= 11 is 0. The molecule has 0 spiro atoms. The zero-order valence-corrected chi connectivity index (χ0v) is 15.4. The molecule has 6 nitrogen and oxygen atoms in total. The Kier molecular flexibility index (Phi) is 4.62. The van der Waals surface area contributed by atoms with Gasteiger partial charge in [-0.3, -0.25) is 14.9 Å². The predicted molar refractivity (Wildman–Crippen MR) is 105 cm³/mol. The van der Waals surface area contributed by atoms with Crippen molar-refractivity contribution in [1.82, 2.24) is 20.1 Å². The van der Waals surface area contributed by atoms with Gasteiger partial charge in [-0.1, -0.05) is 29.8 Å². The quantitative estimate of drug-likeness (QED) is 0.748. The lowest BCUT2D eigenvalue weighted by Gasteiger charge is -2.32. The first kappa shape index (κ1) is 17.3. The molecule has 4 rings (SSSR count). The molecule has 1 aliphatic rings. The van der Waals surface area contributed by atoms with Gasteiger partial charge in [-0.25, -0.2) is 0 Å².